The van der Waals surface area contributed by atoms with Crippen molar-refractivity contribution in [3.05, 3.63) is 71.1 Å². The summed E-state index contributed by atoms with van der Waals surface area (Å²) in [5, 5.41) is 1.10. The number of morpholine rings is 1. The van der Waals surface area contributed by atoms with Gasteiger partial charge in [0.15, 0.2) is 0 Å². The van der Waals surface area contributed by atoms with Crippen LogP contribution in [-0.2, 0) is 14.8 Å². The fourth-order valence-electron chi connectivity index (χ4n) is 3.19. The van der Waals surface area contributed by atoms with E-state index in [0.717, 1.165) is 11.0 Å². The monoisotopic (exact) mass is 400 g/mol. The second-order valence-corrected chi connectivity index (χ2v) is 8.44. The highest BCUT2D eigenvalue weighted by molar-refractivity contribution is 7.95. The van der Waals surface area contributed by atoms with Crippen molar-refractivity contribution in [2.24, 2.45) is 0 Å². The summed E-state index contributed by atoms with van der Waals surface area (Å²) >= 11 is 0. The van der Waals surface area contributed by atoms with E-state index >= 15 is 0 Å². The largest absolute Gasteiger partial charge is 0.372 e. The lowest BCUT2D eigenvalue weighted by Gasteiger charge is -2.35. The molecule has 2 unspecified atom stereocenters. The zero-order valence-corrected chi connectivity index (χ0v) is 16.7. The van der Waals surface area contributed by atoms with Crippen LogP contribution in [-0.4, -0.2) is 44.5 Å². The highest BCUT2D eigenvalue weighted by Crippen LogP contribution is 2.22. The molecule has 2 atom stereocenters. The molecule has 28 heavy (non-hydrogen) atoms. The molecule has 0 aliphatic carbocycles. The van der Waals surface area contributed by atoms with Crippen molar-refractivity contribution in [1.29, 1.82) is 0 Å². The van der Waals surface area contributed by atoms with Crippen molar-refractivity contribution in [3.8, 4) is 0 Å². The van der Waals surface area contributed by atoms with E-state index in [1.54, 1.807) is 29.2 Å². The minimum Gasteiger partial charge on any atom is -0.372 e. The number of carbonyl (C=O) groups excluding carboxylic acids is 1. The zero-order valence-electron chi connectivity index (χ0n) is 15.9. The van der Waals surface area contributed by atoms with E-state index in [0.29, 0.717) is 18.7 Å². The van der Waals surface area contributed by atoms with Crippen molar-refractivity contribution in [3.63, 3.8) is 0 Å². The predicted octanol–water partition coefficient (Wildman–Crippen LogP) is 3.35. The molecule has 6 nitrogen and oxygen atoms in total. The van der Waals surface area contributed by atoms with Crippen molar-refractivity contribution in [2.45, 2.75) is 26.1 Å². The Hall–Kier alpha value is -2.64. The van der Waals surface area contributed by atoms with E-state index in [9.17, 15) is 13.2 Å². The molecule has 1 aliphatic heterocycles. The van der Waals surface area contributed by atoms with Gasteiger partial charge in [-0.3, -0.25) is 9.52 Å². The molecule has 0 spiro atoms. The van der Waals surface area contributed by atoms with E-state index < -0.39 is 10.0 Å². The van der Waals surface area contributed by atoms with Crippen LogP contribution in [0.5, 0.6) is 0 Å². The van der Waals surface area contributed by atoms with Gasteiger partial charge in [0.1, 0.15) is 0 Å². The summed E-state index contributed by atoms with van der Waals surface area (Å²) in [5.41, 5.74) is 1.35. The van der Waals surface area contributed by atoms with Crippen LogP contribution in [0.25, 0.3) is 6.08 Å². The number of sulfonamides is 1. The van der Waals surface area contributed by atoms with Gasteiger partial charge in [0.05, 0.1) is 28.9 Å². The summed E-state index contributed by atoms with van der Waals surface area (Å²) < 4.78 is 33.2. The molecule has 2 aromatic rings. The smallest absolute Gasteiger partial charge is 0.256 e. The maximum atomic E-state index is 13.0. The summed E-state index contributed by atoms with van der Waals surface area (Å²) in [6, 6.07) is 15.8. The first kappa shape index (κ1) is 20.1. The molecule has 1 aliphatic rings. The zero-order chi connectivity index (χ0) is 20.1. The van der Waals surface area contributed by atoms with Crippen molar-refractivity contribution in [1.82, 2.24) is 4.90 Å². The number of amides is 1. The lowest BCUT2D eigenvalue weighted by Crippen LogP contribution is -2.48. The molecule has 0 saturated carbocycles. The highest BCUT2D eigenvalue weighted by Gasteiger charge is 2.28. The van der Waals surface area contributed by atoms with Gasteiger partial charge in [-0.2, -0.15) is 0 Å². The lowest BCUT2D eigenvalue weighted by molar-refractivity contribution is -0.0585. The summed E-state index contributed by atoms with van der Waals surface area (Å²) in [7, 11) is -3.77. The summed E-state index contributed by atoms with van der Waals surface area (Å²) in [4.78, 5) is 14.7. The van der Waals surface area contributed by atoms with Crippen LogP contribution in [0, 0.1) is 0 Å². The van der Waals surface area contributed by atoms with Gasteiger partial charge in [-0.05, 0) is 37.6 Å². The molecule has 1 heterocycles. The summed E-state index contributed by atoms with van der Waals surface area (Å²) in [5.74, 6) is -0.215. The van der Waals surface area contributed by atoms with Gasteiger partial charge < -0.3 is 9.64 Å². The maximum Gasteiger partial charge on any atom is 0.256 e. The highest BCUT2D eigenvalue weighted by atomic mass is 32.2. The second kappa shape index (κ2) is 8.58. The van der Waals surface area contributed by atoms with E-state index in [1.165, 1.54) is 6.08 Å². The quantitative estimate of drug-likeness (QED) is 0.835. The average Bonchev–Trinajstić information content (AvgIpc) is 2.66. The topological polar surface area (TPSA) is 75.7 Å². The number of benzene rings is 2. The van der Waals surface area contributed by atoms with Crippen LogP contribution in [0.15, 0.2) is 60.0 Å². The molecule has 1 amide bonds. The molecule has 0 aromatic heterocycles. The van der Waals surface area contributed by atoms with Crippen LogP contribution in [0.2, 0.25) is 0 Å². The molecule has 0 bridgehead atoms. The molecule has 7 heteroatoms. The maximum absolute atomic E-state index is 13.0. The molecular formula is C21H24N2O4S. The normalized spacial score (nSPS) is 20.3. The number of ether oxygens (including phenoxy) is 1. The number of hydrogen-bond donors (Lipinski definition) is 1. The van der Waals surface area contributed by atoms with Gasteiger partial charge in [-0.1, -0.05) is 42.5 Å². The molecule has 3 rings (SSSR count). The van der Waals surface area contributed by atoms with Gasteiger partial charge in [0.25, 0.3) is 15.9 Å². The average molecular weight is 401 g/mol. The number of nitrogens with one attached hydrogen (secondary N) is 1. The fourth-order valence-corrected chi connectivity index (χ4v) is 4.08. The number of anilines is 1. The molecule has 148 valence electrons. The van der Waals surface area contributed by atoms with Gasteiger partial charge in [-0.15, -0.1) is 0 Å². The Morgan fingerprint density at radius 2 is 1.64 bits per heavy atom. The Kier molecular flexibility index (Phi) is 6.16. The SMILES string of the molecule is CC1CN(C(=O)c2ccccc2NS(=O)(=O)/C=C/c2ccccc2)CC(C)O1. The van der Waals surface area contributed by atoms with Crippen molar-refractivity contribution < 1.29 is 17.9 Å². The third-order valence-corrected chi connectivity index (χ3v) is 5.35. The van der Waals surface area contributed by atoms with Crippen molar-refractivity contribution >= 4 is 27.7 Å². The van der Waals surface area contributed by atoms with Gasteiger partial charge in [0.2, 0.25) is 0 Å². The van der Waals surface area contributed by atoms with Gasteiger partial charge >= 0.3 is 0 Å². The Bertz CT molecular complexity index is 947. The minimum absolute atomic E-state index is 0.0645. The Balaban J connectivity index is 1.80. The van der Waals surface area contributed by atoms with Crippen LogP contribution in [0.4, 0.5) is 5.69 Å². The Labute approximate surface area is 165 Å². The van der Waals surface area contributed by atoms with E-state index in [2.05, 4.69) is 4.72 Å². The van der Waals surface area contributed by atoms with Crippen LogP contribution >= 0.6 is 0 Å². The molecule has 1 N–H and O–H groups in total. The summed E-state index contributed by atoms with van der Waals surface area (Å²) in [6.07, 6.45) is 1.38. The lowest BCUT2D eigenvalue weighted by atomic mass is 10.1. The molecular weight excluding hydrogens is 376 g/mol. The van der Waals surface area contributed by atoms with E-state index in [-0.39, 0.29) is 23.8 Å². The number of hydrogen-bond acceptors (Lipinski definition) is 4. The first-order chi connectivity index (χ1) is 13.3. The van der Waals surface area contributed by atoms with Gasteiger partial charge in [-0.25, -0.2) is 8.42 Å². The number of rotatable bonds is 5. The number of carbonyl (C=O) groups is 1. The summed E-state index contributed by atoms with van der Waals surface area (Å²) in [6.45, 7) is 4.77. The van der Waals surface area contributed by atoms with Crippen LogP contribution in [0.3, 0.4) is 0 Å². The Morgan fingerprint density at radius 3 is 2.32 bits per heavy atom. The Morgan fingerprint density at radius 1 is 1.04 bits per heavy atom. The first-order valence-electron chi connectivity index (χ1n) is 9.14. The minimum atomic E-state index is -3.77. The molecule has 1 fully saturated rings. The van der Waals surface area contributed by atoms with Gasteiger partial charge in [0, 0.05) is 13.1 Å². The van der Waals surface area contributed by atoms with E-state index in [1.807, 2.05) is 44.2 Å². The van der Waals surface area contributed by atoms with E-state index in [4.69, 9.17) is 4.74 Å². The molecule has 2 aromatic carbocycles. The fraction of sp³-hybridized carbons (Fsp3) is 0.286. The predicted molar refractivity (Wildman–Crippen MR) is 110 cm³/mol. The third kappa shape index (κ3) is 5.21. The third-order valence-electron chi connectivity index (χ3n) is 4.36. The number of para-hydroxylation sites is 1. The van der Waals surface area contributed by atoms with Crippen molar-refractivity contribution in [2.75, 3.05) is 17.8 Å². The molecule has 1 saturated heterocycles. The standard InChI is InChI=1S/C21H24N2O4S/c1-16-14-23(15-17(2)27-16)21(24)19-10-6-7-11-20(19)22-28(25,26)13-12-18-8-4-3-5-9-18/h3-13,16-17,22H,14-15H2,1-2H3/b13-12+. The number of nitrogens with zero attached hydrogens (tertiary/aromatic N) is 1. The van der Waals surface area contributed by atoms with Crippen LogP contribution in [0.1, 0.15) is 29.8 Å². The van der Waals surface area contributed by atoms with Crippen LogP contribution < -0.4 is 4.72 Å². The first-order valence-corrected chi connectivity index (χ1v) is 10.7. The second-order valence-electron chi connectivity index (χ2n) is 6.87. The molecule has 0 radical (unpaired) electrons.